The molecule has 2 aromatic carbocycles. The van der Waals surface area contributed by atoms with Crippen molar-refractivity contribution in [1.82, 2.24) is 0 Å². The minimum atomic E-state index is 0.126. The Balaban J connectivity index is 2.04. The third-order valence-corrected chi connectivity index (χ3v) is 2.89. The summed E-state index contributed by atoms with van der Waals surface area (Å²) in [6.07, 6.45) is 2.11. The molecule has 0 fully saturated rings. The number of ether oxygens (including phenoxy) is 1. The number of hydrogen-bond donors (Lipinski definition) is 1. The average molecular weight is 241 g/mol. The third kappa shape index (κ3) is 3.34. The van der Waals surface area contributed by atoms with Crippen molar-refractivity contribution in [2.24, 2.45) is 5.73 Å². The highest BCUT2D eigenvalue weighted by Gasteiger charge is 2.04. The van der Waals surface area contributed by atoms with E-state index in [4.69, 9.17) is 10.5 Å². The van der Waals surface area contributed by atoms with E-state index in [-0.39, 0.29) is 6.04 Å². The molecule has 0 aromatic heterocycles. The summed E-state index contributed by atoms with van der Waals surface area (Å²) in [4.78, 5) is 0. The molecule has 0 amide bonds. The van der Waals surface area contributed by atoms with Gasteiger partial charge in [-0.05, 0) is 36.2 Å². The fourth-order valence-electron chi connectivity index (χ4n) is 1.89. The van der Waals surface area contributed by atoms with E-state index in [9.17, 15) is 0 Å². The molecule has 0 spiro atoms. The van der Waals surface area contributed by atoms with Gasteiger partial charge in [-0.15, -0.1) is 0 Å². The highest BCUT2D eigenvalue weighted by molar-refractivity contribution is 5.33. The Morgan fingerprint density at radius 3 is 2.17 bits per heavy atom. The molecule has 0 saturated carbocycles. The monoisotopic (exact) mass is 241 g/mol. The van der Waals surface area contributed by atoms with Crippen LogP contribution in [0.2, 0.25) is 0 Å². The van der Waals surface area contributed by atoms with Gasteiger partial charge in [0.05, 0.1) is 0 Å². The molecule has 94 valence electrons. The van der Waals surface area contributed by atoms with Crippen LogP contribution in [0.3, 0.4) is 0 Å². The fraction of sp³-hybridized carbons (Fsp3) is 0.250. The van der Waals surface area contributed by atoms with E-state index in [1.165, 1.54) is 0 Å². The lowest BCUT2D eigenvalue weighted by Gasteiger charge is -2.11. The molecule has 0 unspecified atom stereocenters. The Morgan fingerprint density at radius 2 is 1.56 bits per heavy atom. The van der Waals surface area contributed by atoms with E-state index in [0.717, 1.165) is 29.9 Å². The molecule has 2 heteroatoms. The van der Waals surface area contributed by atoms with Crippen LogP contribution in [0.4, 0.5) is 0 Å². The fourth-order valence-corrected chi connectivity index (χ4v) is 1.89. The topological polar surface area (TPSA) is 35.2 Å². The highest BCUT2D eigenvalue weighted by atomic mass is 16.5. The maximum Gasteiger partial charge on any atom is 0.127 e. The van der Waals surface area contributed by atoms with Gasteiger partial charge >= 0.3 is 0 Å². The standard InChI is InChI=1S/C16H19NO/c1-2-6-16(17)13-9-11-15(12-10-13)18-14-7-4-3-5-8-14/h3-5,7-12,16H,2,6,17H2,1H3/t16-/m0/s1. The summed E-state index contributed by atoms with van der Waals surface area (Å²) in [5.41, 5.74) is 7.23. The Hall–Kier alpha value is -1.80. The summed E-state index contributed by atoms with van der Waals surface area (Å²) in [5, 5.41) is 0. The lowest BCUT2D eigenvalue weighted by Crippen LogP contribution is -2.09. The van der Waals surface area contributed by atoms with Crippen molar-refractivity contribution in [2.45, 2.75) is 25.8 Å². The van der Waals surface area contributed by atoms with Crippen molar-refractivity contribution >= 4 is 0 Å². The molecule has 0 saturated heterocycles. The van der Waals surface area contributed by atoms with Gasteiger partial charge in [-0.2, -0.15) is 0 Å². The summed E-state index contributed by atoms with van der Waals surface area (Å²) >= 11 is 0. The summed E-state index contributed by atoms with van der Waals surface area (Å²) in [5.74, 6) is 1.69. The van der Waals surface area contributed by atoms with Crippen LogP contribution in [-0.4, -0.2) is 0 Å². The van der Waals surface area contributed by atoms with E-state index in [2.05, 4.69) is 6.92 Å². The van der Waals surface area contributed by atoms with Gasteiger partial charge in [-0.3, -0.25) is 0 Å². The smallest absolute Gasteiger partial charge is 0.127 e. The number of rotatable bonds is 5. The molecule has 0 aliphatic heterocycles. The predicted molar refractivity (Wildman–Crippen MR) is 74.8 cm³/mol. The second kappa shape index (κ2) is 6.22. The normalized spacial score (nSPS) is 12.1. The summed E-state index contributed by atoms with van der Waals surface area (Å²) in [6.45, 7) is 2.15. The van der Waals surface area contributed by atoms with Gasteiger partial charge in [0.25, 0.3) is 0 Å². The van der Waals surface area contributed by atoms with Crippen LogP contribution in [0.1, 0.15) is 31.4 Å². The van der Waals surface area contributed by atoms with Gasteiger partial charge < -0.3 is 10.5 Å². The van der Waals surface area contributed by atoms with Crippen molar-refractivity contribution in [3.63, 3.8) is 0 Å². The van der Waals surface area contributed by atoms with Crippen molar-refractivity contribution in [1.29, 1.82) is 0 Å². The summed E-state index contributed by atoms with van der Waals surface area (Å²) in [7, 11) is 0. The van der Waals surface area contributed by atoms with Crippen LogP contribution in [0.25, 0.3) is 0 Å². The Kier molecular flexibility index (Phi) is 4.37. The first-order chi connectivity index (χ1) is 8.79. The first kappa shape index (κ1) is 12.7. The maximum absolute atomic E-state index is 6.07. The summed E-state index contributed by atoms with van der Waals surface area (Å²) in [6, 6.07) is 17.9. The number of para-hydroxylation sites is 1. The highest BCUT2D eigenvalue weighted by Crippen LogP contribution is 2.23. The minimum Gasteiger partial charge on any atom is -0.457 e. The molecule has 1 atom stereocenters. The molecule has 0 bridgehead atoms. The molecule has 0 aliphatic rings. The second-order valence-corrected chi connectivity index (χ2v) is 4.38. The van der Waals surface area contributed by atoms with Crippen LogP contribution >= 0.6 is 0 Å². The van der Waals surface area contributed by atoms with E-state index in [1.807, 2.05) is 54.6 Å². The molecular formula is C16H19NO. The SMILES string of the molecule is CCC[C@H](N)c1ccc(Oc2ccccc2)cc1. The maximum atomic E-state index is 6.07. The van der Waals surface area contributed by atoms with E-state index >= 15 is 0 Å². The van der Waals surface area contributed by atoms with Gasteiger partial charge in [0.1, 0.15) is 11.5 Å². The number of hydrogen-bond acceptors (Lipinski definition) is 2. The molecule has 0 heterocycles. The van der Waals surface area contributed by atoms with Crippen molar-refractivity contribution in [3.05, 3.63) is 60.2 Å². The van der Waals surface area contributed by atoms with Crippen LogP contribution in [0, 0.1) is 0 Å². The van der Waals surface area contributed by atoms with E-state index in [1.54, 1.807) is 0 Å². The van der Waals surface area contributed by atoms with Gasteiger partial charge in [0.2, 0.25) is 0 Å². The second-order valence-electron chi connectivity index (χ2n) is 4.38. The van der Waals surface area contributed by atoms with Crippen LogP contribution < -0.4 is 10.5 Å². The summed E-state index contributed by atoms with van der Waals surface area (Å²) < 4.78 is 5.73. The lowest BCUT2D eigenvalue weighted by atomic mass is 10.0. The molecule has 2 nitrogen and oxygen atoms in total. The number of nitrogens with two attached hydrogens (primary N) is 1. The zero-order chi connectivity index (χ0) is 12.8. The first-order valence-electron chi connectivity index (χ1n) is 6.38. The van der Waals surface area contributed by atoms with E-state index in [0.29, 0.717) is 0 Å². The third-order valence-electron chi connectivity index (χ3n) is 2.89. The molecule has 2 aromatic rings. The van der Waals surface area contributed by atoms with Crippen molar-refractivity contribution < 1.29 is 4.74 Å². The van der Waals surface area contributed by atoms with E-state index < -0.39 is 0 Å². The quantitative estimate of drug-likeness (QED) is 0.848. The molecule has 2 N–H and O–H groups in total. The number of benzene rings is 2. The zero-order valence-electron chi connectivity index (χ0n) is 10.7. The Morgan fingerprint density at radius 1 is 0.944 bits per heavy atom. The van der Waals surface area contributed by atoms with Crippen molar-refractivity contribution in [2.75, 3.05) is 0 Å². The minimum absolute atomic E-state index is 0.126. The average Bonchev–Trinajstić information content (AvgIpc) is 2.41. The lowest BCUT2D eigenvalue weighted by molar-refractivity contribution is 0.482. The molecule has 0 radical (unpaired) electrons. The molecule has 0 aliphatic carbocycles. The largest absolute Gasteiger partial charge is 0.457 e. The van der Waals surface area contributed by atoms with Gasteiger partial charge in [-0.1, -0.05) is 43.7 Å². The van der Waals surface area contributed by atoms with Gasteiger partial charge in [0, 0.05) is 6.04 Å². The molecule has 18 heavy (non-hydrogen) atoms. The van der Waals surface area contributed by atoms with Crippen LogP contribution in [0.15, 0.2) is 54.6 Å². The molecule has 2 rings (SSSR count). The zero-order valence-corrected chi connectivity index (χ0v) is 10.7. The molecular weight excluding hydrogens is 222 g/mol. The first-order valence-corrected chi connectivity index (χ1v) is 6.38. The van der Waals surface area contributed by atoms with Gasteiger partial charge in [0.15, 0.2) is 0 Å². The predicted octanol–water partition coefficient (Wildman–Crippen LogP) is 4.28. The van der Waals surface area contributed by atoms with Crippen molar-refractivity contribution in [3.8, 4) is 11.5 Å². The van der Waals surface area contributed by atoms with Gasteiger partial charge in [-0.25, -0.2) is 0 Å². The Bertz CT molecular complexity index is 464. The Labute approximate surface area is 108 Å². The van der Waals surface area contributed by atoms with Crippen LogP contribution in [0.5, 0.6) is 11.5 Å². The van der Waals surface area contributed by atoms with Crippen LogP contribution in [-0.2, 0) is 0 Å².